The summed E-state index contributed by atoms with van der Waals surface area (Å²) in [6.45, 7) is 3.44. The zero-order chi connectivity index (χ0) is 17.2. The number of benzene rings is 1. The van der Waals surface area contributed by atoms with E-state index in [2.05, 4.69) is 4.90 Å². The van der Waals surface area contributed by atoms with Crippen LogP contribution in [0.4, 0.5) is 16.2 Å². The van der Waals surface area contributed by atoms with Crippen molar-refractivity contribution in [2.24, 2.45) is 5.41 Å². The van der Waals surface area contributed by atoms with Crippen molar-refractivity contribution in [3.8, 4) is 0 Å². The first-order valence-corrected chi connectivity index (χ1v) is 8.35. The van der Waals surface area contributed by atoms with Crippen molar-refractivity contribution in [1.29, 1.82) is 0 Å². The third-order valence-corrected chi connectivity index (χ3v) is 5.51. The summed E-state index contributed by atoms with van der Waals surface area (Å²) in [7, 11) is 1.43. The summed E-state index contributed by atoms with van der Waals surface area (Å²) in [6, 6.07) is 6.79. The summed E-state index contributed by atoms with van der Waals surface area (Å²) >= 11 is 0. The first-order valence-electron chi connectivity index (χ1n) is 8.35. The van der Waals surface area contributed by atoms with E-state index in [1.165, 1.54) is 7.11 Å². The Labute approximate surface area is 141 Å². The molecule has 24 heavy (non-hydrogen) atoms. The lowest BCUT2D eigenvalue weighted by Gasteiger charge is -2.47. The van der Waals surface area contributed by atoms with E-state index < -0.39 is 0 Å². The molecular weight excluding hydrogens is 310 g/mol. The van der Waals surface area contributed by atoms with Crippen LogP contribution in [0.2, 0.25) is 0 Å². The molecule has 2 aliphatic rings. The second kappa shape index (κ2) is 6.67. The number of nitro benzene ring substituents is 1. The van der Waals surface area contributed by atoms with Gasteiger partial charge in [0.05, 0.1) is 12.0 Å². The Kier molecular flexibility index (Phi) is 4.59. The molecule has 0 aromatic heterocycles. The van der Waals surface area contributed by atoms with Gasteiger partial charge in [-0.05, 0) is 43.2 Å². The molecule has 2 aliphatic heterocycles. The van der Waals surface area contributed by atoms with Crippen LogP contribution in [0.15, 0.2) is 24.3 Å². The molecule has 1 amide bonds. The Morgan fingerprint density at radius 2 is 1.62 bits per heavy atom. The highest BCUT2D eigenvalue weighted by molar-refractivity contribution is 5.67. The Bertz CT molecular complexity index is 599. The zero-order valence-corrected chi connectivity index (χ0v) is 13.9. The molecule has 3 rings (SSSR count). The molecule has 0 radical (unpaired) electrons. The number of carbonyl (C=O) groups is 1. The van der Waals surface area contributed by atoms with Crippen LogP contribution >= 0.6 is 0 Å². The summed E-state index contributed by atoms with van der Waals surface area (Å²) in [5.41, 5.74) is 1.49. The normalized spacial score (nSPS) is 20.0. The lowest BCUT2D eigenvalue weighted by Crippen LogP contribution is -2.48. The van der Waals surface area contributed by atoms with Gasteiger partial charge >= 0.3 is 6.09 Å². The number of piperidine rings is 2. The monoisotopic (exact) mass is 333 g/mol. The van der Waals surface area contributed by atoms with Gasteiger partial charge in [-0.25, -0.2) is 4.79 Å². The SMILES string of the molecule is COC(=O)N1CCC2(CC1)CCN(c1ccc([N+](=O)[O-])cc1)CC2. The number of amides is 1. The highest BCUT2D eigenvalue weighted by Gasteiger charge is 2.38. The van der Waals surface area contributed by atoms with E-state index in [-0.39, 0.29) is 16.7 Å². The van der Waals surface area contributed by atoms with Crippen LogP contribution in [-0.2, 0) is 4.74 Å². The molecule has 0 unspecified atom stereocenters. The number of rotatable bonds is 2. The molecule has 0 N–H and O–H groups in total. The number of hydrogen-bond donors (Lipinski definition) is 0. The van der Waals surface area contributed by atoms with Crippen LogP contribution in [0.1, 0.15) is 25.7 Å². The first kappa shape index (κ1) is 16.5. The predicted molar refractivity (Wildman–Crippen MR) is 90.2 cm³/mol. The maximum atomic E-state index is 11.6. The molecule has 7 nitrogen and oxygen atoms in total. The maximum Gasteiger partial charge on any atom is 0.409 e. The van der Waals surface area contributed by atoms with Gasteiger partial charge in [0.15, 0.2) is 0 Å². The number of likely N-dealkylation sites (tertiary alicyclic amines) is 1. The smallest absolute Gasteiger partial charge is 0.409 e. The summed E-state index contributed by atoms with van der Waals surface area (Å²) in [5, 5.41) is 10.7. The third-order valence-electron chi connectivity index (χ3n) is 5.51. The predicted octanol–water partition coefficient (Wildman–Crippen LogP) is 3.04. The topological polar surface area (TPSA) is 75.9 Å². The Morgan fingerprint density at radius 3 is 2.12 bits per heavy atom. The standard InChI is InChI=1S/C17H23N3O4/c1-24-16(21)19-12-8-17(9-13-19)6-10-18(11-7-17)14-2-4-15(5-3-14)20(22)23/h2-5H,6-13H2,1H3. The summed E-state index contributed by atoms with van der Waals surface area (Å²) in [5.74, 6) is 0. The van der Waals surface area contributed by atoms with Crippen LogP contribution in [0, 0.1) is 15.5 Å². The molecule has 7 heteroatoms. The Hall–Kier alpha value is -2.31. The number of carbonyl (C=O) groups excluding carboxylic acids is 1. The van der Waals surface area contributed by atoms with Crippen LogP contribution in [-0.4, -0.2) is 49.2 Å². The fourth-order valence-electron chi connectivity index (χ4n) is 3.82. The summed E-state index contributed by atoms with van der Waals surface area (Å²) in [6.07, 6.45) is 4.01. The van der Waals surface area contributed by atoms with Crippen molar-refractivity contribution in [3.63, 3.8) is 0 Å². The fraction of sp³-hybridized carbons (Fsp3) is 0.588. The van der Waals surface area contributed by atoms with Gasteiger partial charge in [0, 0.05) is 44.0 Å². The van der Waals surface area contributed by atoms with Crippen molar-refractivity contribution < 1.29 is 14.5 Å². The summed E-state index contributed by atoms with van der Waals surface area (Å²) < 4.78 is 4.80. The van der Waals surface area contributed by atoms with Gasteiger partial charge in [0.2, 0.25) is 0 Å². The number of ether oxygens (including phenoxy) is 1. The van der Waals surface area contributed by atoms with Crippen LogP contribution in [0.5, 0.6) is 0 Å². The molecule has 2 fully saturated rings. The minimum Gasteiger partial charge on any atom is -0.453 e. The molecule has 0 saturated carbocycles. The van der Waals surface area contributed by atoms with Crippen molar-refractivity contribution >= 4 is 17.5 Å². The number of nitro groups is 1. The minimum absolute atomic E-state index is 0.127. The first-order chi connectivity index (χ1) is 11.5. The van der Waals surface area contributed by atoms with Gasteiger partial charge in [0.25, 0.3) is 5.69 Å². The molecule has 2 heterocycles. The molecule has 0 bridgehead atoms. The minimum atomic E-state index is -0.371. The van der Waals surface area contributed by atoms with Gasteiger partial charge in [-0.2, -0.15) is 0 Å². The van der Waals surface area contributed by atoms with E-state index in [0.717, 1.165) is 57.5 Å². The Balaban J connectivity index is 1.56. The molecular formula is C17H23N3O4. The average Bonchev–Trinajstić information content (AvgIpc) is 2.62. The molecule has 0 aliphatic carbocycles. The molecule has 1 aromatic rings. The number of anilines is 1. The van der Waals surface area contributed by atoms with Gasteiger partial charge in [-0.3, -0.25) is 10.1 Å². The fourth-order valence-corrected chi connectivity index (χ4v) is 3.82. The van der Waals surface area contributed by atoms with E-state index in [9.17, 15) is 14.9 Å². The van der Waals surface area contributed by atoms with E-state index in [1.807, 2.05) is 12.1 Å². The number of hydrogen-bond acceptors (Lipinski definition) is 5. The van der Waals surface area contributed by atoms with Gasteiger partial charge in [-0.15, -0.1) is 0 Å². The van der Waals surface area contributed by atoms with E-state index in [4.69, 9.17) is 4.74 Å². The second-order valence-corrected chi connectivity index (χ2v) is 6.72. The Morgan fingerprint density at radius 1 is 1.08 bits per heavy atom. The van der Waals surface area contributed by atoms with Crippen molar-refractivity contribution in [1.82, 2.24) is 4.90 Å². The van der Waals surface area contributed by atoms with Gasteiger partial charge < -0.3 is 14.5 Å². The lowest BCUT2D eigenvalue weighted by atomic mass is 9.71. The van der Waals surface area contributed by atoms with Crippen LogP contribution in [0.3, 0.4) is 0 Å². The van der Waals surface area contributed by atoms with Crippen molar-refractivity contribution in [2.75, 3.05) is 38.2 Å². The second-order valence-electron chi connectivity index (χ2n) is 6.72. The third kappa shape index (κ3) is 3.29. The van der Waals surface area contributed by atoms with Crippen molar-refractivity contribution in [3.05, 3.63) is 34.4 Å². The molecule has 2 saturated heterocycles. The molecule has 1 spiro atoms. The van der Waals surface area contributed by atoms with Gasteiger partial charge in [-0.1, -0.05) is 0 Å². The number of methoxy groups -OCH3 is 1. The zero-order valence-electron chi connectivity index (χ0n) is 13.9. The lowest BCUT2D eigenvalue weighted by molar-refractivity contribution is -0.384. The molecule has 130 valence electrons. The maximum absolute atomic E-state index is 11.6. The van der Waals surface area contributed by atoms with E-state index >= 15 is 0 Å². The largest absolute Gasteiger partial charge is 0.453 e. The van der Waals surface area contributed by atoms with Crippen LogP contribution in [0.25, 0.3) is 0 Å². The quantitative estimate of drug-likeness (QED) is 0.614. The van der Waals surface area contributed by atoms with Crippen LogP contribution < -0.4 is 4.90 Å². The molecule has 0 atom stereocenters. The highest BCUT2D eigenvalue weighted by atomic mass is 16.6. The molecule has 1 aromatic carbocycles. The number of non-ortho nitro benzene ring substituents is 1. The summed E-state index contributed by atoms with van der Waals surface area (Å²) in [4.78, 5) is 26.0. The van der Waals surface area contributed by atoms with E-state index in [1.54, 1.807) is 17.0 Å². The average molecular weight is 333 g/mol. The van der Waals surface area contributed by atoms with Gasteiger partial charge in [0.1, 0.15) is 0 Å². The highest BCUT2D eigenvalue weighted by Crippen LogP contribution is 2.42. The van der Waals surface area contributed by atoms with Crippen molar-refractivity contribution in [2.45, 2.75) is 25.7 Å². The van der Waals surface area contributed by atoms with E-state index in [0.29, 0.717) is 5.41 Å². The number of nitrogens with zero attached hydrogens (tertiary/aromatic N) is 3.